The van der Waals surface area contributed by atoms with Crippen LogP contribution in [0.4, 0.5) is 0 Å². The molecule has 1 fully saturated rings. The second-order valence-corrected chi connectivity index (χ2v) is 4.89. The molecule has 19 heavy (non-hydrogen) atoms. The molecule has 0 bridgehead atoms. The molecular formula is C14H22ClN3O. The first-order valence-electron chi connectivity index (χ1n) is 6.48. The van der Waals surface area contributed by atoms with Crippen LogP contribution in [-0.4, -0.2) is 37.0 Å². The van der Waals surface area contributed by atoms with Gasteiger partial charge in [0.15, 0.2) is 0 Å². The zero-order valence-electron chi connectivity index (χ0n) is 11.3. The lowest BCUT2D eigenvalue weighted by molar-refractivity contribution is 0.0943. The van der Waals surface area contributed by atoms with Crippen LogP contribution >= 0.6 is 12.4 Å². The Bertz CT molecular complexity index is 408. The van der Waals surface area contributed by atoms with Crippen molar-refractivity contribution in [1.82, 2.24) is 10.2 Å². The molecule has 0 radical (unpaired) electrons. The van der Waals surface area contributed by atoms with Gasteiger partial charge in [-0.1, -0.05) is 12.1 Å². The topological polar surface area (TPSA) is 58.4 Å². The van der Waals surface area contributed by atoms with Crippen molar-refractivity contribution >= 4 is 18.3 Å². The molecule has 4 nitrogen and oxygen atoms in total. The number of likely N-dealkylation sites (N-methyl/N-ethyl adjacent to an activating group) is 1. The van der Waals surface area contributed by atoms with Crippen LogP contribution in [-0.2, 0) is 6.54 Å². The van der Waals surface area contributed by atoms with Gasteiger partial charge in [0.1, 0.15) is 0 Å². The Labute approximate surface area is 120 Å². The maximum Gasteiger partial charge on any atom is 0.251 e. The second kappa shape index (κ2) is 7.48. The van der Waals surface area contributed by atoms with Crippen molar-refractivity contribution in [3.8, 4) is 0 Å². The largest absolute Gasteiger partial charge is 0.350 e. The summed E-state index contributed by atoms with van der Waals surface area (Å²) in [6.45, 7) is 2.37. The van der Waals surface area contributed by atoms with Gasteiger partial charge in [-0.25, -0.2) is 0 Å². The molecule has 0 aromatic heterocycles. The van der Waals surface area contributed by atoms with Gasteiger partial charge in [0.2, 0.25) is 0 Å². The molecule has 2 rings (SSSR count). The third-order valence-electron chi connectivity index (χ3n) is 3.62. The average Bonchev–Trinajstić information content (AvgIpc) is 2.81. The zero-order valence-corrected chi connectivity index (χ0v) is 12.1. The highest BCUT2D eigenvalue weighted by Crippen LogP contribution is 2.13. The van der Waals surface area contributed by atoms with E-state index in [0.29, 0.717) is 18.2 Å². The summed E-state index contributed by atoms with van der Waals surface area (Å²) in [6, 6.07) is 7.94. The van der Waals surface area contributed by atoms with Crippen molar-refractivity contribution < 1.29 is 4.79 Å². The number of halogens is 1. The molecule has 1 saturated heterocycles. The number of carbonyl (C=O) groups is 1. The van der Waals surface area contributed by atoms with Gasteiger partial charge in [0.25, 0.3) is 5.91 Å². The molecule has 1 unspecified atom stereocenters. The fourth-order valence-corrected chi connectivity index (χ4v) is 2.34. The molecule has 5 heteroatoms. The summed E-state index contributed by atoms with van der Waals surface area (Å²) in [7, 11) is 2.11. The lowest BCUT2D eigenvalue weighted by atomic mass is 10.1. The normalized spacial score (nSPS) is 18.9. The predicted molar refractivity (Wildman–Crippen MR) is 79.6 cm³/mol. The van der Waals surface area contributed by atoms with Crippen LogP contribution in [0.2, 0.25) is 0 Å². The minimum Gasteiger partial charge on any atom is -0.350 e. The van der Waals surface area contributed by atoms with E-state index in [-0.39, 0.29) is 18.3 Å². The minimum atomic E-state index is -0.00104. The van der Waals surface area contributed by atoms with Gasteiger partial charge in [0, 0.05) is 24.7 Å². The summed E-state index contributed by atoms with van der Waals surface area (Å²) >= 11 is 0. The van der Waals surface area contributed by atoms with Crippen LogP contribution in [0.25, 0.3) is 0 Å². The predicted octanol–water partition coefficient (Wildman–Crippen LogP) is 1.39. The van der Waals surface area contributed by atoms with Crippen LogP contribution in [0, 0.1) is 0 Å². The van der Waals surface area contributed by atoms with Gasteiger partial charge in [-0.15, -0.1) is 12.4 Å². The van der Waals surface area contributed by atoms with E-state index in [4.69, 9.17) is 5.73 Å². The summed E-state index contributed by atoms with van der Waals surface area (Å²) in [6.07, 6.45) is 2.39. The van der Waals surface area contributed by atoms with Gasteiger partial charge in [0.05, 0.1) is 0 Å². The Morgan fingerprint density at radius 2 is 2.11 bits per heavy atom. The minimum absolute atomic E-state index is 0. The molecule has 1 heterocycles. The average molecular weight is 284 g/mol. The zero-order chi connectivity index (χ0) is 13.0. The number of carbonyl (C=O) groups excluding carboxylic acids is 1. The van der Waals surface area contributed by atoms with E-state index in [1.807, 2.05) is 24.3 Å². The highest BCUT2D eigenvalue weighted by Gasteiger charge is 2.21. The Balaban J connectivity index is 0.00000180. The van der Waals surface area contributed by atoms with Gasteiger partial charge in [-0.2, -0.15) is 0 Å². The molecule has 1 aromatic carbocycles. The molecule has 1 atom stereocenters. The molecule has 0 saturated carbocycles. The summed E-state index contributed by atoms with van der Waals surface area (Å²) in [5.74, 6) is -0.00104. The van der Waals surface area contributed by atoms with Crippen molar-refractivity contribution in [3.63, 3.8) is 0 Å². The van der Waals surface area contributed by atoms with Crippen molar-refractivity contribution in [3.05, 3.63) is 35.4 Å². The van der Waals surface area contributed by atoms with Crippen molar-refractivity contribution in [2.45, 2.75) is 25.4 Å². The van der Waals surface area contributed by atoms with E-state index >= 15 is 0 Å². The molecule has 3 N–H and O–H groups in total. The number of hydrogen-bond acceptors (Lipinski definition) is 3. The summed E-state index contributed by atoms with van der Waals surface area (Å²) in [4.78, 5) is 14.3. The van der Waals surface area contributed by atoms with Crippen molar-refractivity contribution in [1.29, 1.82) is 0 Å². The lowest BCUT2D eigenvalue weighted by Gasteiger charge is -2.19. The number of nitrogens with one attached hydrogen (secondary N) is 1. The van der Waals surface area contributed by atoms with E-state index in [9.17, 15) is 4.79 Å². The number of amides is 1. The van der Waals surface area contributed by atoms with E-state index < -0.39 is 0 Å². The Hall–Kier alpha value is -1.10. The summed E-state index contributed by atoms with van der Waals surface area (Å²) < 4.78 is 0. The third-order valence-corrected chi connectivity index (χ3v) is 3.62. The maximum atomic E-state index is 11.9. The van der Waals surface area contributed by atoms with Gasteiger partial charge in [-0.05, 0) is 44.1 Å². The highest BCUT2D eigenvalue weighted by molar-refractivity contribution is 5.94. The van der Waals surface area contributed by atoms with Gasteiger partial charge < -0.3 is 16.0 Å². The number of nitrogens with two attached hydrogens (primary N) is 1. The van der Waals surface area contributed by atoms with Crippen LogP contribution in [0.15, 0.2) is 24.3 Å². The summed E-state index contributed by atoms with van der Waals surface area (Å²) in [5.41, 5.74) is 7.27. The Morgan fingerprint density at radius 1 is 1.42 bits per heavy atom. The quantitative estimate of drug-likeness (QED) is 0.878. The first-order chi connectivity index (χ1) is 8.70. The molecule has 106 valence electrons. The van der Waals surface area contributed by atoms with Crippen LogP contribution in [0.3, 0.4) is 0 Å². The van der Waals surface area contributed by atoms with Crippen molar-refractivity contribution in [2.75, 3.05) is 20.1 Å². The SMILES string of the molecule is CN1CCCC1CNC(=O)c1ccc(CN)cc1.Cl. The van der Waals surface area contributed by atoms with E-state index in [0.717, 1.165) is 18.7 Å². The molecule has 0 spiro atoms. The van der Waals surface area contributed by atoms with Crippen LogP contribution in [0.5, 0.6) is 0 Å². The summed E-state index contributed by atoms with van der Waals surface area (Å²) in [5, 5.41) is 3.00. The van der Waals surface area contributed by atoms with Crippen LogP contribution in [0.1, 0.15) is 28.8 Å². The highest BCUT2D eigenvalue weighted by atomic mass is 35.5. The lowest BCUT2D eigenvalue weighted by Crippen LogP contribution is -2.38. The number of nitrogens with zero attached hydrogens (tertiary/aromatic N) is 1. The molecule has 1 aromatic rings. The number of hydrogen-bond donors (Lipinski definition) is 2. The Kier molecular flexibility index (Phi) is 6.28. The van der Waals surface area contributed by atoms with Gasteiger partial charge in [-0.3, -0.25) is 4.79 Å². The smallest absolute Gasteiger partial charge is 0.251 e. The number of rotatable bonds is 4. The molecule has 1 amide bonds. The third kappa shape index (κ3) is 4.20. The molecule has 1 aliphatic rings. The van der Waals surface area contributed by atoms with E-state index in [1.54, 1.807) is 0 Å². The van der Waals surface area contributed by atoms with E-state index in [2.05, 4.69) is 17.3 Å². The van der Waals surface area contributed by atoms with Crippen LogP contribution < -0.4 is 11.1 Å². The maximum absolute atomic E-state index is 11.9. The Morgan fingerprint density at radius 3 is 2.63 bits per heavy atom. The van der Waals surface area contributed by atoms with Gasteiger partial charge >= 0.3 is 0 Å². The first-order valence-corrected chi connectivity index (χ1v) is 6.48. The molecule has 0 aliphatic carbocycles. The monoisotopic (exact) mass is 283 g/mol. The molecule has 1 aliphatic heterocycles. The first kappa shape index (κ1) is 16.0. The standard InChI is InChI=1S/C14H21N3O.ClH/c1-17-8-2-3-13(17)10-16-14(18)12-6-4-11(9-15)5-7-12;/h4-7,13H,2-3,8-10,15H2,1H3,(H,16,18);1H. The van der Waals surface area contributed by atoms with E-state index in [1.165, 1.54) is 12.8 Å². The number of likely N-dealkylation sites (tertiary alicyclic amines) is 1. The fraction of sp³-hybridized carbons (Fsp3) is 0.500. The second-order valence-electron chi connectivity index (χ2n) is 4.89. The fourth-order valence-electron chi connectivity index (χ4n) is 2.34. The molecular weight excluding hydrogens is 262 g/mol. The van der Waals surface area contributed by atoms with Crippen molar-refractivity contribution in [2.24, 2.45) is 5.73 Å². The number of benzene rings is 1.